The molecule has 5 atom stereocenters. The average molecular weight is 1450 g/mol. The van der Waals surface area contributed by atoms with Crippen molar-refractivity contribution < 1.29 is 80.2 Å². The second-order valence-electron chi connectivity index (χ2n) is 26.6. The van der Waals surface area contributed by atoms with E-state index in [0.29, 0.717) is 32.1 Å². The third-order valence-corrected chi connectivity index (χ3v) is 18.8. The summed E-state index contributed by atoms with van der Waals surface area (Å²) in [5.74, 6) is -2.25. The summed E-state index contributed by atoms with van der Waals surface area (Å²) >= 11 is 0. The first-order chi connectivity index (χ1) is 48.7. The van der Waals surface area contributed by atoms with E-state index in [2.05, 4.69) is 94.5 Å². The number of hydrogen-bond acceptors (Lipinski definition) is 15. The first kappa shape index (κ1) is 96.2. The van der Waals surface area contributed by atoms with E-state index in [4.69, 9.17) is 37.0 Å². The van der Waals surface area contributed by atoms with E-state index >= 15 is 0 Å². The van der Waals surface area contributed by atoms with Gasteiger partial charge in [-0.15, -0.1) is 0 Å². The first-order valence-corrected chi connectivity index (χ1v) is 42.8. The molecule has 0 aliphatic carbocycles. The number of aliphatic hydroxyl groups excluding tert-OH is 1. The molecule has 0 radical (unpaired) electrons. The molecule has 0 aromatic carbocycles. The van der Waals surface area contributed by atoms with E-state index in [9.17, 15) is 43.2 Å². The molecule has 17 nitrogen and oxygen atoms in total. The Bertz CT molecular complexity index is 2230. The third-order valence-electron chi connectivity index (χ3n) is 16.9. The van der Waals surface area contributed by atoms with E-state index < -0.39 is 97.5 Å². The van der Waals surface area contributed by atoms with Crippen molar-refractivity contribution >= 4 is 39.5 Å². The standard InChI is InChI=1S/C81H144O17P2/c1-5-9-13-17-21-25-29-33-35-36-37-38-40-43-46-50-54-58-62-66-79(84)92-72-77(98-81(86)68-64-60-56-52-48-44-39-34-30-26-22-18-14-10-6-2)74-96-100(89,90)94-70-75(82)69-93-99(87,88)95-73-76(97-80(85)67-63-59-55-51-47-42-32-28-24-20-16-12-8-4)71-91-78(83)65-61-57-53-49-45-41-31-27-23-19-15-11-7-3/h9,13,21,25,33-35,37-39,43,46,54,58,75-77,82H,5-8,10-12,14-20,22-24,26-32,36,40-42,44-45,47-53,55-57,59-74H2,1-4H3,(H,87,88)(H,89,90)/b13-9-,25-21-,35-33-,38-37-,39-34-,46-43-,58-54-. The van der Waals surface area contributed by atoms with Gasteiger partial charge in [0.1, 0.15) is 19.3 Å². The first-order valence-electron chi connectivity index (χ1n) is 39.8. The van der Waals surface area contributed by atoms with Crippen LogP contribution >= 0.6 is 15.6 Å². The van der Waals surface area contributed by atoms with Crippen molar-refractivity contribution in [1.29, 1.82) is 0 Å². The lowest BCUT2D eigenvalue weighted by molar-refractivity contribution is -0.161. The fourth-order valence-electron chi connectivity index (χ4n) is 10.8. The molecular weight excluding hydrogens is 1310 g/mol. The molecule has 0 spiro atoms. The van der Waals surface area contributed by atoms with Crippen LogP contribution in [-0.2, 0) is 65.4 Å². The van der Waals surface area contributed by atoms with E-state index in [1.807, 2.05) is 18.2 Å². The molecule has 0 saturated carbocycles. The highest BCUT2D eigenvalue weighted by Crippen LogP contribution is 2.45. The maximum atomic E-state index is 13.1. The van der Waals surface area contributed by atoms with Crippen molar-refractivity contribution in [2.45, 2.75) is 367 Å². The largest absolute Gasteiger partial charge is 0.472 e. The summed E-state index contributed by atoms with van der Waals surface area (Å²) in [5, 5.41) is 10.6. The summed E-state index contributed by atoms with van der Waals surface area (Å²) in [7, 11) is -9.96. The van der Waals surface area contributed by atoms with Crippen LogP contribution in [0.15, 0.2) is 85.1 Å². The van der Waals surface area contributed by atoms with Crippen molar-refractivity contribution in [3.8, 4) is 0 Å². The van der Waals surface area contributed by atoms with E-state index in [0.717, 1.165) is 116 Å². The van der Waals surface area contributed by atoms with Crippen molar-refractivity contribution in [2.24, 2.45) is 0 Å². The Labute approximate surface area is 608 Å². The van der Waals surface area contributed by atoms with E-state index in [1.165, 1.54) is 148 Å². The van der Waals surface area contributed by atoms with Crippen LogP contribution < -0.4 is 0 Å². The van der Waals surface area contributed by atoms with Crippen LogP contribution in [0.2, 0.25) is 0 Å². The molecule has 580 valence electrons. The van der Waals surface area contributed by atoms with Gasteiger partial charge in [0.25, 0.3) is 0 Å². The summed E-state index contributed by atoms with van der Waals surface area (Å²) < 4.78 is 68.5. The van der Waals surface area contributed by atoms with Gasteiger partial charge in [-0.1, -0.05) is 318 Å². The van der Waals surface area contributed by atoms with Crippen LogP contribution in [0, 0.1) is 0 Å². The van der Waals surface area contributed by atoms with Gasteiger partial charge in [-0.3, -0.25) is 37.3 Å². The molecule has 19 heteroatoms. The van der Waals surface area contributed by atoms with Gasteiger partial charge in [-0.05, 0) is 89.9 Å². The minimum Gasteiger partial charge on any atom is -0.462 e. The number of phosphoric ester groups is 2. The molecule has 0 aliphatic heterocycles. The molecule has 0 amide bonds. The van der Waals surface area contributed by atoms with Crippen molar-refractivity contribution in [3.63, 3.8) is 0 Å². The Morgan fingerprint density at radius 2 is 0.540 bits per heavy atom. The number of carbonyl (C=O) groups excluding carboxylic acids is 4. The highest BCUT2D eigenvalue weighted by molar-refractivity contribution is 7.47. The van der Waals surface area contributed by atoms with Crippen LogP contribution in [0.3, 0.4) is 0 Å². The predicted octanol–water partition coefficient (Wildman–Crippen LogP) is 23.0. The van der Waals surface area contributed by atoms with Gasteiger partial charge < -0.3 is 33.8 Å². The van der Waals surface area contributed by atoms with Gasteiger partial charge in [0, 0.05) is 25.7 Å². The average Bonchev–Trinajstić information content (AvgIpc) is 0.946. The Morgan fingerprint density at radius 1 is 0.290 bits per heavy atom. The van der Waals surface area contributed by atoms with Gasteiger partial charge in [0.05, 0.1) is 26.4 Å². The summed E-state index contributed by atoms with van der Waals surface area (Å²) in [5.41, 5.74) is 0. The molecular formula is C81H144O17P2. The molecule has 0 rings (SSSR count). The highest BCUT2D eigenvalue weighted by atomic mass is 31.2. The van der Waals surface area contributed by atoms with E-state index in [-0.39, 0.29) is 25.7 Å². The summed E-state index contributed by atoms with van der Waals surface area (Å²) in [4.78, 5) is 72.9. The Morgan fingerprint density at radius 3 is 0.860 bits per heavy atom. The molecule has 5 unspecified atom stereocenters. The number of unbranched alkanes of at least 4 members (excludes halogenated alkanes) is 35. The molecule has 0 fully saturated rings. The number of rotatable bonds is 75. The fraction of sp³-hybridized carbons (Fsp3) is 0.778. The highest BCUT2D eigenvalue weighted by Gasteiger charge is 2.30. The van der Waals surface area contributed by atoms with Gasteiger partial charge in [-0.25, -0.2) is 9.13 Å². The van der Waals surface area contributed by atoms with Crippen LogP contribution in [0.5, 0.6) is 0 Å². The topological polar surface area (TPSA) is 237 Å². The summed E-state index contributed by atoms with van der Waals surface area (Å²) in [6, 6.07) is 0. The number of ether oxygens (including phenoxy) is 4. The number of phosphoric acid groups is 2. The zero-order valence-electron chi connectivity index (χ0n) is 63.4. The number of allylic oxidation sites excluding steroid dienone is 14. The zero-order valence-corrected chi connectivity index (χ0v) is 65.2. The molecule has 100 heavy (non-hydrogen) atoms. The van der Waals surface area contributed by atoms with Crippen molar-refractivity contribution in [1.82, 2.24) is 0 Å². The lowest BCUT2D eigenvalue weighted by Crippen LogP contribution is -2.30. The molecule has 0 aliphatic rings. The van der Waals surface area contributed by atoms with Crippen molar-refractivity contribution in [3.05, 3.63) is 85.1 Å². The quantitative estimate of drug-likeness (QED) is 0.0169. The number of carbonyl (C=O) groups is 4. The molecule has 0 saturated heterocycles. The minimum absolute atomic E-state index is 0.0363. The van der Waals surface area contributed by atoms with Gasteiger partial charge in [0.2, 0.25) is 0 Å². The fourth-order valence-corrected chi connectivity index (χ4v) is 12.4. The van der Waals surface area contributed by atoms with Crippen LogP contribution in [-0.4, -0.2) is 96.7 Å². The van der Waals surface area contributed by atoms with Gasteiger partial charge in [-0.2, -0.15) is 0 Å². The maximum absolute atomic E-state index is 13.1. The van der Waals surface area contributed by atoms with E-state index in [1.54, 1.807) is 0 Å². The second-order valence-corrected chi connectivity index (χ2v) is 29.5. The molecule has 0 heterocycles. The Kier molecular flexibility index (Phi) is 70.8. The lowest BCUT2D eigenvalue weighted by Gasteiger charge is -2.21. The third kappa shape index (κ3) is 72.6. The molecule has 0 aromatic heterocycles. The van der Waals surface area contributed by atoms with Gasteiger partial charge in [0.15, 0.2) is 12.2 Å². The number of hydrogen-bond donors (Lipinski definition) is 3. The predicted molar refractivity (Wildman–Crippen MR) is 409 cm³/mol. The number of aliphatic hydroxyl groups is 1. The van der Waals surface area contributed by atoms with Crippen LogP contribution in [0.1, 0.15) is 349 Å². The SMILES string of the molecule is CC/C=C\C/C=C\C/C=C\C/C=C\C/C=C\C/C=C\CCC(=O)OCC(COP(=O)(O)OCC(O)COP(=O)(O)OCC(COC(=O)CCCCCCCCCCCCCCC)OC(=O)CCCCCCCCCCCCCCC)OC(=O)CCCCCCC/C=C\CCCCCCCC. The van der Waals surface area contributed by atoms with Gasteiger partial charge >= 0.3 is 39.5 Å². The Hall–Kier alpha value is -3.76. The molecule has 3 N–H and O–H groups in total. The molecule has 0 bridgehead atoms. The summed E-state index contributed by atoms with van der Waals surface area (Å²) in [6.45, 7) is 4.72. The second kappa shape index (κ2) is 73.5. The Balaban J connectivity index is 5.39. The van der Waals surface area contributed by atoms with Crippen LogP contribution in [0.25, 0.3) is 0 Å². The lowest BCUT2D eigenvalue weighted by atomic mass is 10.0. The van der Waals surface area contributed by atoms with Crippen molar-refractivity contribution in [2.75, 3.05) is 39.6 Å². The smallest absolute Gasteiger partial charge is 0.462 e. The van der Waals surface area contributed by atoms with Crippen LogP contribution in [0.4, 0.5) is 0 Å². The monoisotopic (exact) mass is 1450 g/mol. The summed E-state index contributed by atoms with van der Waals surface area (Å²) in [6.07, 6.45) is 75.8. The zero-order chi connectivity index (χ0) is 73.2. The maximum Gasteiger partial charge on any atom is 0.472 e. The molecule has 0 aromatic rings. The normalized spacial score (nSPS) is 14.3. The number of esters is 4. The minimum atomic E-state index is -4.99.